The van der Waals surface area contributed by atoms with Gasteiger partial charge in [0.15, 0.2) is 0 Å². The second-order valence-electron chi connectivity index (χ2n) is 4.04. The predicted octanol–water partition coefficient (Wildman–Crippen LogP) is 0.452. The maximum Gasteiger partial charge on any atom is 0.326 e. The first-order valence-corrected chi connectivity index (χ1v) is 5.89. The fraction of sp³-hybridized carbons (Fsp3) is 0.818. The molecule has 5 nitrogen and oxygen atoms in total. The Hall–Kier alpha value is -1.10. The molecule has 92 valence electrons. The van der Waals surface area contributed by atoms with E-state index in [0.29, 0.717) is 25.9 Å². The van der Waals surface area contributed by atoms with E-state index in [1.807, 2.05) is 6.92 Å². The zero-order valence-corrected chi connectivity index (χ0v) is 9.74. The monoisotopic (exact) mass is 228 g/mol. The van der Waals surface area contributed by atoms with Crippen molar-refractivity contribution < 1.29 is 14.7 Å². The molecule has 1 aliphatic heterocycles. The molecule has 1 saturated heterocycles. The summed E-state index contributed by atoms with van der Waals surface area (Å²) in [6, 6.07) is -0.608. The van der Waals surface area contributed by atoms with Gasteiger partial charge in [-0.3, -0.25) is 4.79 Å². The van der Waals surface area contributed by atoms with Gasteiger partial charge in [0.05, 0.1) is 0 Å². The summed E-state index contributed by atoms with van der Waals surface area (Å²) >= 11 is 0. The zero-order valence-electron chi connectivity index (χ0n) is 9.74. The first kappa shape index (κ1) is 13.0. The maximum atomic E-state index is 11.8. The number of carboxylic acids is 1. The van der Waals surface area contributed by atoms with E-state index in [1.165, 1.54) is 4.90 Å². The summed E-state index contributed by atoms with van der Waals surface area (Å²) in [7, 11) is 0. The van der Waals surface area contributed by atoms with Crippen LogP contribution in [0.15, 0.2) is 0 Å². The van der Waals surface area contributed by atoms with Crippen molar-refractivity contribution in [2.45, 2.75) is 38.6 Å². The van der Waals surface area contributed by atoms with E-state index in [4.69, 9.17) is 5.11 Å². The molecule has 0 aromatic rings. The number of nitrogens with zero attached hydrogens (tertiary/aromatic N) is 1. The van der Waals surface area contributed by atoms with E-state index in [0.717, 1.165) is 19.4 Å². The van der Waals surface area contributed by atoms with E-state index in [9.17, 15) is 9.59 Å². The lowest BCUT2D eigenvalue weighted by Gasteiger charge is -2.33. The number of carbonyl (C=O) groups is 2. The highest BCUT2D eigenvalue weighted by molar-refractivity contribution is 5.83. The summed E-state index contributed by atoms with van der Waals surface area (Å²) in [4.78, 5) is 24.3. The Morgan fingerprint density at radius 2 is 2.19 bits per heavy atom. The average molecular weight is 228 g/mol. The van der Waals surface area contributed by atoms with Crippen LogP contribution in [0.3, 0.4) is 0 Å². The number of hydrogen-bond donors (Lipinski definition) is 2. The van der Waals surface area contributed by atoms with Gasteiger partial charge in [0, 0.05) is 19.5 Å². The molecule has 1 amide bonds. The average Bonchev–Trinajstić information content (AvgIpc) is 2.29. The first-order valence-electron chi connectivity index (χ1n) is 5.89. The van der Waals surface area contributed by atoms with Gasteiger partial charge in [0.25, 0.3) is 0 Å². The Balaban J connectivity index is 2.47. The van der Waals surface area contributed by atoms with Crippen LogP contribution in [-0.2, 0) is 9.59 Å². The topological polar surface area (TPSA) is 69.6 Å². The third kappa shape index (κ3) is 3.48. The Labute approximate surface area is 95.8 Å². The van der Waals surface area contributed by atoms with Crippen molar-refractivity contribution in [1.29, 1.82) is 0 Å². The van der Waals surface area contributed by atoms with Gasteiger partial charge in [0.1, 0.15) is 6.04 Å². The van der Waals surface area contributed by atoms with Crippen molar-refractivity contribution in [3.05, 3.63) is 0 Å². The number of nitrogens with one attached hydrogen (secondary N) is 1. The molecule has 1 atom stereocenters. The summed E-state index contributed by atoms with van der Waals surface area (Å²) < 4.78 is 0. The van der Waals surface area contributed by atoms with Crippen molar-refractivity contribution in [3.8, 4) is 0 Å². The largest absolute Gasteiger partial charge is 0.480 e. The Morgan fingerprint density at radius 1 is 1.44 bits per heavy atom. The van der Waals surface area contributed by atoms with Gasteiger partial charge in [-0.05, 0) is 25.8 Å². The highest BCUT2D eigenvalue weighted by Crippen LogP contribution is 2.17. The molecular weight excluding hydrogens is 208 g/mol. The summed E-state index contributed by atoms with van der Waals surface area (Å²) in [5.74, 6) is -0.926. The molecule has 16 heavy (non-hydrogen) atoms. The lowest BCUT2D eigenvalue weighted by Crippen LogP contribution is -2.48. The number of aliphatic carboxylic acids is 1. The molecule has 1 aliphatic rings. The molecule has 1 rings (SSSR count). The van der Waals surface area contributed by atoms with Gasteiger partial charge in [-0.1, -0.05) is 6.92 Å². The van der Waals surface area contributed by atoms with E-state index in [-0.39, 0.29) is 5.91 Å². The normalized spacial score (nSPS) is 20.8. The summed E-state index contributed by atoms with van der Waals surface area (Å²) in [5.41, 5.74) is 0. The molecule has 5 heteroatoms. The van der Waals surface area contributed by atoms with E-state index < -0.39 is 12.0 Å². The van der Waals surface area contributed by atoms with Crippen molar-refractivity contribution in [1.82, 2.24) is 10.2 Å². The van der Waals surface area contributed by atoms with Crippen LogP contribution in [-0.4, -0.2) is 47.6 Å². The lowest BCUT2D eigenvalue weighted by atomic mass is 10.0. The molecular formula is C11H20N2O3. The molecule has 2 N–H and O–H groups in total. The third-order valence-corrected chi connectivity index (χ3v) is 2.87. The van der Waals surface area contributed by atoms with Crippen LogP contribution in [0, 0.1) is 0 Å². The minimum Gasteiger partial charge on any atom is -0.480 e. The highest BCUT2D eigenvalue weighted by Gasteiger charge is 2.31. The standard InChI is InChI=1S/C11H20N2O3/c1-2-12-7-6-10(14)13-8-4-3-5-9(13)11(15)16/h9,12H,2-8H2,1H3,(H,15,16)/t9-/m1/s1. The number of piperidine rings is 1. The van der Waals surface area contributed by atoms with Gasteiger partial charge < -0.3 is 15.3 Å². The van der Waals surface area contributed by atoms with Gasteiger partial charge in [0.2, 0.25) is 5.91 Å². The molecule has 1 heterocycles. The number of carbonyl (C=O) groups excluding carboxylic acids is 1. The fourth-order valence-electron chi connectivity index (χ4n) is 2.00. The third-order valence-electron chi connectivity index (χ3n) is 2.87. The molecule has 0 aliphatic carbocycles. The molecule has 0 saturated carbocycles. The number of amides is 1. The summed E-state index contributed by atoms with van der Waals surface area (Å²) in [6.07, 6.45) is 2.78. The van der Waals surface area contributed by atoms with Crippen molar-refractivity contribution >= 4 is 11.9 Å². The second-order valence-corrected chi connectivity index (χ2v) is 4.04. The molecule has 0 aromatic heterocycles. The number of rotatable bonds is 5. The summed E-state index contributed by atoms with van der Waals surface area (Å²) in [5, 5.41) is 12.1. The molecule has 0 aromatic carbocycles. The number of hydrogen-bond acceptors (Lipinski definition) is 3. The smallest absolute Gasteiger partial charge is 0.326 e. The minimum absolute atomic E-state index is 0.0481. The predicted molar refractivity (Wildman–Crippen MR) is 60.1 cm³/mol. The van der Waals surface area contributed by atoms with Crippen LogP contribution >= 0.6 is 0 Å². The molecule has 0 unspecified atom stereocenters. The molecule has 0 bridgehead atoms. The quantitative estimate of drug-likeness (QED) is 0.670. The van der Waals surface area contributed by atoms with Crippen LogP contribution in [0.25, 0.3) is 0 Å². The van der Waals surface area contributed by atoms with Crippen molar-refractivity contribution in [2.24, 2.45) is 0 Å². The summed E-state index contributed by atoms with van der Waals surface area (Å²) in [6.45, 7) is 4.02. The van der Waals surface area contributed by atoms with Crippen LogP contribution in [0.1, 0.15) is 32.6 Å². The second kappa shape index (κ2) is 6.48. The lowest BCUT2D eigenvalue weighted by molar-refractivity contribution is -0.152. The Morgan fingerprint density at radius 3 is 2.81 bits per heavy atom. The molecule has 0 spiro atoms. The first-order chi connectivity index (χ1) is 7.66. The van der Waals surface area contributed by atoms with Gasteiger partial charge in [-0.15, -0.1) is 0 Å². The Kier molecular flexibility index (Phi) is 5.25. The van der Waals surface area contributed by atoms with E-state index in [2.05, 4.69) is 5.32 Å². The van der Waals surface area contributed by atoms with Gasteiger partial charge in [-0.2, -0.15) is 0 Å². The highest BCUT2D eigenvalue weighted by atomic mass is 16.4. The van der Waals surface area contributed by atoms with Crippen LogP contribution in [0.5, 0.6) is 0 Å². The van der Waals surface area contributed by atoms with Crippen LogP contribution in [0.4, 0.5) is 0 Å². The van der Waals surface area contributed by atoms with Crippen LogP contribution in [0.2, 0.25) is 0 Å². The van der Waals surface area contributed by atoms with E-state index in [1.54, 1.807) is 0 Å². The number of likely N-dealkylation sites (tertiary alicyclic amines) is 1. The van der Waals surface area contributed by atoms with Crippen molar-refractivity contribution in [2.75, 3.05) is 19.6 Å². The van der Waals surface area contributed by atoms with E-state index >= 15 is 0 Å². The molecule has 0 radical (unpaired) electrons. The fourth-order valence-corrected chi connectivity index (χ4v) is 2.00. The van der Waals surface area contributed by atoms with Crippen LogP contribution < -0.4 is 5.32 Å². The maximum absolute atomic E-state index is 11.8. The van der Waals surface area contributed by atoms with Crippen molar-refractivity contribution in [3.63, 3.8) is 0 Å². The minimum atomic E-state index is -0.878. The Bertz CT molecular complexity index is 256. The van der Waals surface area contributed by atoms with Gasteiger partial charge >= 0.3 is 5.97 Å². The number of carboxylic acid groups (broad SMARTS) is 1. The van der Waals surface area contributed by atoms with Gasteiger partial charge in [-0.25, -0.2) is 4.79 Å². The SMILES string of the molecule is CCNCCC(=O)N1CCCC[C@@H]1C(=O)O. The molecule has 1 fully saturated rings. The zero-order chi connectivity index (χ0) is 12.0.